The molecule has 72 valence electrons. The maximum atomic E-state index is 8.95. The van der Waals surface area contributed by atoms with Crippen LogP contribution in [0.5, 0.6) is 0 Å². The summed E-state index contributed by atoms with van der Waals surface area (Å²) in [6.45, 7) is 5.30. The minimum Gasteiger partial charge on any atom is -0.392 e. The Hall–Kier alpha value is -1.02. The monoisotopic (exact) mass is 179 g/mol. The van der Waals surface area contributed by atoms with Crippen molar-refractivity contribution in [3.05, 3.63) is 29.3 Å². The Balaban J connectivity index is 2.78. The fraction of sp³-hybridized carbons (Fsp3) is 0.455. The first-order valence-corrected chi connectivity index (χ1v) is 4.72. The van der Waals surface area contributed by atoms with Crippen LogP contribution >= 0.6 is 0 Å². The van der Waals surface area contributed by atoms with Gasteiger partial charge in [-0.15, -0.1) is 0 Å². The predicted octanol–water partition coefficient (Wildman–Crippen LogP) is 2.31. The molecule has 2 heteroatoms. The SMILES string of the molecule is CCCNc1cc(CO)ccc1C. The second-order valence-electron chi connectivity index (χ2n) is 3.23. The third-order valence-electron chi connectivity index (χ3n) is 2.05. The lowest BCUT2D eigenvalue weighted by molar-refractivity contribution is 0.282. The molecule has 13 heavy (non-hydrogen) atoms. The van der Waals surface area contributed by atoms with Crippen LogP contribution in [0.3, 0.4) is 0 Å². The van der Waals surface area contributed by atoms with Crippen LogP contribution < -0.4 is 5.32 Å². The maximum absolute atomic E-state index is 8.95. The van der Waals surface area contributed by atoms with Gasteiger partial charge in [-0.3, -0.25) is 0 Å². The van der Waals surface area contributed by atoms with E-state index in [1.807, 2.05) is 18.2 Å². The first kappa shape index (κ1) is 10.1. The van der Waals surface area contributed by atoms with Crippen molar-refractivity contribution < 1.29 is 5.11 Å². The second-order valence-corrected chi connectivity index (χ2v) is 3.23. The topological polar surface area (TPSA) is 32.3 Å². The summed E-state index contributed by atoms with van der Waals surface area (Å²) in [5.41, 5.74) is 3.32. The fourth-order valence-corrected chi connectivity index (χ4v) is 1.22. The van der Waals surface area contributed by atoms with E-state index in [0.29, 0.717) is 0 Å². The highest BCUT2D eigenvalue weighted by Gasteiger charge is 1.98. The molecule has 0 saturated heterocycles. The first-order chi connectivity index (χ1) is 6.27. The molecule has 2 N–H and O–H groups in total. The highest BCUT2D eigenvalue weighted by Crippen LogP contribution is 2.16. The van der Waals surface area contributed by atoms with Gasteiger partial charge in [0.05, 0.1) is 6.61 Å². The lowest BCUT2D eigenvalue weighted by Gasteiger charge is -2.09. The molecule has 2 nitrogen and oxygen atoms in total. The quantitative estimate of drug-likeness (QED) is 0.743. The smallest absolute Gasteiger partial charge is 0.0682 e. The molecule has 0 aliphatic carbocycles. The zero-order chi connectivity index (χ0) is 9.68. The molecular weight excluding hydrogens is 162 g/mol. The lowest BCUT2D eigenvalue weighted by Crippen LogP contribution is -2.02. The van der Waals surface area contributed by atoms with Gasteiger partial charge in [0, 0.05) is 12.2 Å². The molecule has 0 aliphatic heterocycles. The summed E-state index contributed by atoms with van der Waals surface area (Å²) in [6, 6.07) is 5.99. The van der Waals surface area contributed by atoms with Gasteiger partial charge in [-0.2, -0.15) is 0 Å². The number of hydrogen-bond acceptors (Lipinski definition) is 2. The maximum Gasteiger partial charge on any atom is 0.0682 e. The van der Waals surface area contributed by atoms with Gasteiger partial charge in [0.1, 0.15) is 0 Å². The van der Waals surface area contributed by atoms with Gasteiger partial charge in [0.2, 0.25) is 0 Å². The van der Waals surface area contributed by atoms with E-state index in [-0.39, 0.29) is 6.61 Å². The molecule has 1 aromatic carbocycles. The largest absolute Gasteiger partial charge is 0.392 e. The minimum atomic E-state index is 0.112. The van der Waals surface area contributed by atoms with Crippen LogP contribution in [0.4, 0.5) is 5.69 Å². The molecule has 0 bridgehead atoms. The molecule has 0 saturated carbocycles. The van der Waals surface area contributed by atoms with E-state index >= 15 is 0 Å². The molecule has 1 rings (SSSR count). The lowest BCUT2D eigenvalue weighted by atomic mass is 10.1. The third kappa shape index (κ3) is 2.74. The van der Waals surface area contributed by atoms with E-state index in [0.717, 1.165) is 24.2 Å². The second kappa shape index (κ2) is 4.87. The van der Waals surface area contributed by atoms with Crippen molar-refractivity contribution in [2.45, 2.75) is 26.9 Å². The van der Waals surface area contributed by atoms with Gasteiger partial charge in [-0.25, -0.2) is 0 Å². The van der Waals surface area contributed by atoms with Crippen molar-refractivity contribution in [2.24, 2.45) is 0 Å². The number of aliphatic hydroxyl groups is 1. The van der Waals surface area contributed by atoms with Crippen LogP contribution in [0.15, 0.2) is 18.2 Å². The van der Waals surface area contributed by atoms with Crippen LogP contribution in [-0.4, -0.2) is 11.7 Å². The zero-order valence-electron chi connectivity index (χ0n) is 8.30. The fourth-order valence-electron chi connectivity index (χ4n) is 1.22. The summed E-state index contributed by atoms with van der Waals surface area (Å²) in [5, 5.41) is 12.3. The van der Waals surface area contributed by atoms with Crippen molar-refractivity contribution in [3.8, 4) is 0 Å². The zero-order valence-corrected chi connectivity index (χ0v) is 8.30. The molecule has 1 aromatic rings. The van der Waals surface area contributed by atoms with E-state index < -0.39 is 0 Å². The number of anilines is 1. The summed E-state index contributed by atoms with van der Waals surface area (Å²) < 4.78 is 0. The molecule has 0 amide bonds. The average Bonchev–Trinajstić information content (AvgIpc) is 2.17. The van der Waals surface area contributed by atoms with Gasteiger partial charge < -0.3 is 10.4 Å². The Kier molecular flexibility index (Phi) is 3.77. The van der Waals surface area contributed by atoms with Crippen molar-refractivity contribution >= 4 is 5.69 Å². The number of rotatable bonds is 4. The Labute approximate surface area is 79.6 Å². The molecule has 0 spiro atoms. The van der Waals surface area contributed by atoms with E-state index in [2.05, 4.69) is 19.2 Å². The van der Waals surface area contributed by atoms with Crippen molar-refractivity contribution in [2.75, 3.05) is 11.9 Å². The van der Waals surface area contributed by atoms with Crippen molar-refractivity contribution in [1.82, 2.24) is 0 Å². The van der Waals surface area contributed by atoms with Gasteiger partial charge in [-0.1, -0.05) is 19.1 Å². The molecule has 0 atom stereocenters. The third-order valence-corrected chi connectivity index (χ3v) is 2.05. The summed E-state index contributed by atoms with van der Waals surface area (Å²) in [5.74, 6) is 0. The van der Waals surface area contributed by atoms with Gasteiger partial charge >= 0.3 is 0 Å². The van der Waals surface area contributed by atoms with Gasteiger partial charge in [0.25, 0.3) is 0 Å². The first-order valence-electron chi connectivity index (χ1n) is 4.72. The number of aryl methyl sites for hydroxylation is 1. The number of benzene rings is 1. The van der Waals surface area contributed by atoms with Gasteiger partial charge in [-0.05, 0) is 30.5 Å². The number of nitrogens with one attached hydrogen (secondary N) is 1. The predicted molar refractivity (Wildman–Crippen MR) is 55.9 cm³/mol. The molecule has 0 aliphatic rings. The molecule has 0 fully saturated rings. The summed E-state index contributed by atoms with van der Waals surface area (Å²) in [4.78, 5) is 0. The average molecular weight is 179 g/mol. The van der Waals surface area contributed by atoms with Crippen molar-refractivity contribution in [3.63, 3.8) is 0 Å². The molecule has 0 heterocycles. The van der Waals surface area contributed by atoms with Crippen LogP contribution in [0.2, 0.25) is 0 Å². The van der Waals surface area contributed by atoms with E-state index in [9.17, 15) is 0 Å². The summed E-state index contributed by atoms with van der Waals surface area (Å²) in [6.07, 6.45) is 1.11. The highest BCUT2D eigenvalue weighted by molar-refractivity contribution is 5.52. The van der Waals surface area contributed by atoms with Crippen LogP contribution in [-0.2, 0) is 6.61 Å². The van der Waals surface area contributed by atoms with Gasteiger partial charge in [0.15, 0.2) is 0 Å². The molecule has 0 unspecified atom stereocenters. The van der Waals surface area contributed by atoms with Crippen molar-refractivity contribution in [1.29, 1.82) is 0 Å². The molecule has 0 radical (unpaired) electrons. The van der Waals surface area contributed by atoms with Crippen LogP contribution in [0, 0.1) is 6.92 Å². The minimum absolute atomic E-state index is 0.112. The normalized spacial score (nSPS) is 10.1. The van der Waals surface area contributed by atoms with E-state index in [1.165, 1.54) is 5.56 Å². The Bertz CT molecular complexity index is 271. The van der Waals surface area contributed by atoms with E-state index in [4.69, 9.17) is 5.11 Å². The standard InChI is InChI=1S/C11H17NO/c1-3-6-12-11-7-10(8-13)5-4-9(11)2/h4-5,7,12-13H,3,6,8H2,1-2H3. The van der Waals surface area contributed by atoms with E-state index in [1.54, 1.807) is 0 Å². The Morgan fingerprint density at radius 2 is 2.15 bits per heavy atom. The summed E-state index contributed by atoms with van der Waals surface area (Å²) >= 11 is 0. The molecule has 0 aromatic heterocycles. The highest BCUT2D eigenvalue weighted by atomic mass is 16.3. The number of hydrogen-bond donors (Lipinski definition) is 2. The molecular formula is C11H17NO. The van der Waals surface area contributed by atoms with Crippen LogP contribution in [0.25, 0.3) is 0 Å². The number of aliphatic hydroxyl groups excluding tert-OH is 1. The van der Waals surface area contributed by atoms with Crippen LogP contribution in [0.1, 0.15) is 24.5 Å². The summed E-state index contributed by atoms with van der Waals surface area (Å²) in [7, 11) is 0. The Morgan fingerprint density at radius 1 is 1.38 bits per heavy atom. The Morgan fingerprint density at radius 3 is 2.77 bits per heavy atom.